The van der Waals surface area contributed by atoms with Crippen molar-refractivity contribution in [3.63, 3.8) is 0 Å². The van der Waals surface area contributed by atoms with Crippen LogP contribution in [-0.4, -0.2) is 19.2 Å². The molecule has 2 aromatic rings. The molecule has 0 fully saturated rings. The predicted molar refractivity (Wildman–Crippen MR) is 97.2 cm³/mol. The first kappa shape index (κ1) is 16.7. The fourth-order valence-electron chi connectivity index (χ4n) is 2.87. The van der Waals surface area contributed by atoms with Gasteiger partial charge in [-0.1, -0.05) is 23.7 Å². The van der Waals surface area contributed by atoms with Crippen molar-refractivity contribution in [3.05, 3.63) is 58.1 Å². The predicted octanol–water partition coefficient (Wildman–Crippen LogP) is 4.34. The summed E-state index contributed by atoms with van der Waals surface area (Å²) < 4.78 is 5.71. The summed E-state index contributed by atoms with van der Waals surface area (Å²) in [6, 6.07) is 11.4. The van der Waals surface area contributed by atoms with Gasteiger partial charge in [-0.2, -0.15) is 0 Å². The Morgan fingerprint density at radius 3 is 2.88 bits per heavy atom. The molecule has 1 aliphatic rings. The van der Waals surface area contributed by atoms with Crippen LogP contribution >= 0.6 is 11.6 Å². The van der Waals surface area contributed by atoms with Crippen LogP contribution in [0.4, 0.5) is 10.5 Å². The molecule has 0 bridgehead atoms. The molecule has 0 spiro atoms. The first-order chi connectivity index (χ1) is 11.6. The summed E-state index contributed by atoms with van der Waals surface area (Å²) in [6.45, 7) is 2.78. The Labute approximate surface area is 147 Å². The van der Waals surface area contributed by atoms with E-state index in [-0.39, 0.29) is 6.03 Å². The Hall–Kier alpha value is -2.20. The largest absolute Gasteiger partial charge is 0.492 e. The van der Waals surface area contributed by atoms with Crippen LogP contribution in [0.5, 0.6) is 5.75 Å². The number of halogens is 1. The minimum Gasteiger partial charge on any atom is -0.492 e. The fraction of sp³-hybridized carbons (Fsp3) is 0.316. The molecule has 0 aromatic heterocycles. The molecular formula is C19H21ClN2O2. The molecule has 0 heterocycles. The molecule has 1 aliphatic carbocycles. The van der Waals surface area contributed by atoms with Gasteiger partial charge in [0.1, 0.15) is 12.4 Å². The highest BCUT2D eigenvalue weighted by Crippen LogP contribution is 2.26. The van der Waals surface area contributed by atoms with Crippen LogP contribution in [-0.2, 0) is 12.8 Å². The maximum Gasteiger partial charge on any atom is 0.319 e. The van der Waals surface area contributed by atoms with E-state index in [2.05, 4.69) is 22.8 Å². The number of carbonyl (C=O) groups is 1. The molecule has 0 saturated heterocycles. The van der Waals surface area contributed by atoms with Crippen LogP contribution in [0.15, 0.2) is 36.4 Å². The van der Waals surface area contributed by atoms with Gasteiger partial charge in [-0.05, 0) is 67.1 Å². The maximum absolute atomic E-state index is 11.9. The summed E-state index contributed by atoms with van der Waals surface area (Å²) >= 11 is 5.94. The number of hydrogen-bond acceptors (Lipinski definition) is 2. The summed E-state index contributed by atoms with van der Waals surface area (Å²) in [4.78, 5) is 11.9. The van der Waals surface area contributed by atoms with Gasteiger partial charge in [-0.25, -0.2) is 4.79 Å². The molecule has 5 heteroatoms. The van der Waals surface area contributed by atoms with Crippen LogP contribution in [0.3, 0.4) is 0 Å². The van der Waals surface area contributed by atoms with E-state index in [4.69, 9.17) is 16.3 Å². The molecule has 2 N–H and O–H groups in total. The van der Waals surface area contributed by atoms with Crippen molar-refractivity contribution < 1.29 is 9.53 Å². The van der Waals surface area contributed by atoms with Gasteiger partial charge in [0.2, 0.25) is 0 Å². The Morgan fingerprint density at radius 1 is 1.17 bits per heavy atom. The number of nitrogens with one attached hydrogen (secondary N) is 2. The van der Waals surface area contributed by atoms with Crippen molar-refractivity contribution in [1.29, 1.82) is 0 Å². The van der Waals surface area contributed by atoms with Gasteiger partial charge in [-0.3, -0.25) is 0 Å². The number of fused-ring (bicyclic) bond motifs is 1. The molecule has 3 rings (SSSR count). The third kappa shape index (κ3) is 4.20. The van der Waals surface area contributed by atoms with Gasteiger partial charge in [-0.15, -0.1) is 0 Å². The first-order valence-electron chi connectivity index (χ1n) is 8.17. The molecular weight excluding hydrogens is 324 g/mol. The summed E-state index contributed by atoms with van der Waals surface area (Å²) in [5.74, 6) is 0.864. The lowest BCUT2D eigenvalue weighted by Crippen LogP contribution is -2.32. The number of ether oxygens (including phenoxy) is 1. The van der Waals surface area contributed by atoms with Crippen molar-refractivity contribution in [2.45, 2.75) is 26.2 Å². The number of urea groups is 1. The molecule has 126 valence electrons. The summed E-state index contributed by atoms with van der Waals surface area (Å²) in [6.07, 6.45) is 3.52. The van der Waals surface area contributed by atoms with Gasteiger partial charge >= 0.3 is 6.03 Å². The number of aryl methyl sites for hydroxylation is 3. The molecule has 0 aliphatic heterocycles. The van der Waals surface area contributed by atoms with Crippen molar-refractivity contribution >= 4 is 23.3 Å². The zero-order chi connectivity index (χ0) is 16.9. The standard InChI is InChI=1S/C19H21ClN2O2/c1-13-5-7-16(20)12-18(13)22-19(23)21-9-10-24-17-8-6-14-3-2-4-15(14)11-17/h5-8,11-12H,2-4,9-10H2,1H3,(H2,21,22,23). The lowest BCUT2D eigenvalue weighted by molar-refractivity contribution is 0.247. The van der Waals surface area contributed by atoms with E-state index in [0.29, 0.717) is 23.9 Å². The Kier molecular flexibility index (Phi) is 5.26. The smallest absolute Gasteiger partial charge is 0.319 e. The van der Waals surface area contributed by atoms with E-state index in [1.54, 1.807) is 12.1 Å². The minimum absolute atomic E-state index is 0.266. The molecule has 2 aromatic carbocycles. The Morgan fingerprint density at radius 2 is 2.00 bits per heavy atom. The number of rotatable bonds is 5. The average Bonchev–Trinajstić information content (AvgIpc) is 3.03. The summed E-state index contributed by atoms with van der Waals surface area (Å²) in [7, 11) is 0. The van der Waals surface area contributed by atoms with Crippen molar-refractivity contribution in [3.8, 4) is 5.75 Å². The monoisotopic (exact) mass is 344 g/mol. The van der Waals surface area contributed by atoms with Crippen molar-refractivity contribution in [2.24, 2.45) is 0 Å². The highest BCUT2D eigenvalue weighted by Gasteiger charge is 2.11. The number of benzene rings is 2. The Balaban J connectivity index is 1.43. The maximum atomic E-state index is 11.9. The topological polar surface area (TPSA) is 50.4 Å². The first-order valence-corrected chi connectivity index (χ1v) is 8.55. The summed E-state index contributed by atoms with van der Waals surface area (Å²) in [5, 5.41) is 6.17. The van der Waals surface area contributed by atoms with E-state index < -0.39 is 0 Å². The molecule has 0 radical (unpaired) electrons. The lowest BCUT2D eigenvalue weighted by atomic mass is 10.1. The zero-order valence-electron chi connectivity index (χ0n) is 13.7. The number of amides is 2. The second-order valence-electron chi connectivity index (χ2n) is 5.97. The number of carbonyl (C=O) groups excluding carboxylic acids is 1. The van der Waals surface area contributed by atoms with E-state index >= 15 is 0 Å². The van der Waals surface area contributed by atoms with Crippen LogP contribution in [0.1, 0.15) is 23.1 Å². The van der Waals surface area contributed by atoms with Gasteiger partial charge in [0, 0.05) is 10.7 Å². The third-order valence-corrected chi connectivity index (χ3v) is 4.41. The van der Waals surface area contributed by atoms with Crippen LogP contribution in [0.2, 0.25) is 5.02 Å². The SMILES string of the molecule is Cc1ccc(Cl)cc1NC(=O)NCCOc1ccc2c(c1)CCC2. The fourth-order valence-corrected chi connectivity index (χ4v) is 3.04. The van der Waals surface area contributed by atoms with Gasteiger partial charge in [0.25, 0.3) is 0 Å². The molecule has 24 heavy (non-hydrogen) atoms. The van der Waals surface area contributed by atoms with E-state index in [1.807, 2.05) is 19.1 Å². The molecule has 2 amide bonds. The zero-order valence-corrected chi connectivity index (χ0v) is 14.5. The minimum atomic E-state index is -0.266. The second kappa shape index (κ2) is 7.58. The highest BCUT2D eigenvalue weighted by molar-refractivity contribution is 6.31. The van der Waals surface area contributed by atoms with E-state index in [9.17, 15) is 4.79 Å². The third-order valence-electron chi connectivity index (χ3n) is 4.17. The number of anilines is 1. The summed E-state index contributed by atoms with van der Waals surface area (Å²) in [5.41, 5.74) is 4.48. The van der Waals surface area contributed by atoms with Crippen molar-refractivity contribution in [2.75, 3.05) is 18.5 Å². The molecule has 0 atom stereocenters. The van der Waals surface area contributed by atoms with Gasteiger partial charge in [0.15, 0.2) is 0 Å². The van der Waals surface area contributed by atoms with Crippen LogP contribution in [0.25, 0.3) is 0 Å². The van der Waals surface area contributed by atoms with Crippen LogP contribution < -0.4 is 15.4 Å². The quantitative estimate of drug-likeness (QED) is 0.793. The molecule has 0 unspecified atom stereocenters. The van der Waals surface area contributed by atoms with E-state index in [0.717, 1.165) is 17.7 Å². The highest BCUT2D eigenvalue weighted by atomic mass is 35.5. The molecule has 4 nitrogen and oxygen atoms in total. The molecule has 0 saturated carbocycles. The lowest BCUT2D eigenvalue weighted by Gasteiger charge is -2.11. The Bertz CT molecular complexity index is 746. The second-order valence-corrected chi connectivity index (χ2v) is 6.41. The van der Waals surface area contributed by atoms with E-state index in [1.165, 1.54) is 24.0 Å². The number of hydrogen-bond donors (Lipinski definition) is 2. The van der Waals surface area contributed by atoms with Gasteiger partial charge < -0.3 is 15.4 Å². The van der Waals surface area contributed by atoms with Gasteiger partial charge in [0.05, 0.1) is 6.54 Å². The van der Waals surface area contributed by atoms with Crippen molar-refractivity contribution in [1.82, 2.24) is 5.32 Å². The average molecular weight is 345 g/mol. The normalized spacial score (nSPS) is 12.6. The van der Waals surface area contributed by atoms with Crippen LogP contribution in [0, 0.1) is 6.92 Å².